The summed E-state index contributed by atoms with van der Waals surface area (Å²) in [4.78, 5) is 16.7. The molecule has 0 aliphatic carbocycles. The minimum atomic E-state index is -0.161. The molecule has 112 valence electrons. The van der Waals surface area contributed by atoms with Crippen molar-refractivity contribution in [1.82, 2.24) is 4.98 Å². The fourth-order valence-corrected chi connectivity index (χ4v) is 2.90. The molecule has 0 radical (unpaired) electrons. The summed E-state index contributed by atoms with van der Waals surface area (Å²) in [5, 5.41) is 5.95. The first-order chi connectivity index (χ1) is 10.5. The lowest BCUT2D eigenvalue weighted by molar-refractivity contribution is 0.102. The summed E-state index contributed by atoms with van der Waals surface area (Å²) in [7, 11) is 0. The van der Waals surface area contributed by atoms with E-state index in [1.807, 2.05) is 43.5 Å². The second kappa shape index (κ2) is 5.77. The van der Waals surface area contributed by atoms with Crippen LogP contribution in [0.25, 0.3) is 11.3 Å². The summed E-state index contributed by atoms with van der Waals surface area (Å²) < 4.78 is 5.38. The number of thiazole rings is 1. The van der Waals surface area contributed by atoms with Crippen molar-refractivity contribution in [3.63, 3.8) is 0 Å². The smallest absolute Gasteiger partial charge is 0.259 e. The summed E-state index contributed by atoms with van der Waals surface area (Å²) in [6, 6.07) is 9.42. The van der Waals surface area contributed by atoms with E-state index in [0.29, 0.717) is 11.3 Å². The number of amides is 1. The van der Waals surface area contributed by atoms with Crippen LogP contribution in [0.1, 0.15) is 26.9 Å². The zero-order valence-corrected chi connectivity index (χ0v) is 13.5. The quantitative estimate of drug-likeness (QED) is 0.770. The van der Waals surface area contributed by atoms with Gasteiger partial charge in [0.1, 0.15) is 11.5 Å². The van der Waals surface area contributed by atoms with Crippen molar-refractivity contribution < 1.29 is 9.21 Å². The summed E-state index contributed by atoms with van der Waals surface area (Å²) in [5.74, 6) is 1.20. The van der Waals surface area contributed by atoms with Crippen molar-refractivity contribution in [3.05, 3.63) is 57.8 Å². The maximum atomic E-state index is 12.2. The first-order valence-corrected chi connectivity index (χ1v) is 7.82. The molecular weight excluding hydrogens is 296 g/mol. The lowest BCUT2D eigenvalue weighted by atomic mass is 10.1. The van der Waals surface area contributed by atoms with Gasteiger partial charge in [-0.2, -0.15) is 0 Å². The number of hydrogen-bond acceptors (Lipinski definition) is 4. The van der Waals surface area contributed by atoms with Gasteiger partial charge in [0.2, 0.25) is 0 Å². The topological polar surface area (TPSA) is 55.1 Å². The first-order valence-electron chi connectivity index (χ1n) is 6.94. The van der Waals surface area contributed by atoms with Crippen LogP contribution in [0.5, 0.6) is 0 Å². The van der Waals surface area contributed by atoms with E-state index >= 15 is 0 Å². The number of furan rings is 1. The molecule has 0 bridgehead atoms. The molecule has 0 saturated carbocycles. The molecule has 1 aromatic carbocycles. The van der Waals surface area contributed by atoms with Gasteiger partial charge in [-0.05, 0) is 39.0 Å². The Morgan fingerprint density at radius 1 is 1.18 bits per heavy atom. The van der Waals surface area contributed by atoms with E-state index in [-0.39, 0.29) is 5.91 Å². The molecule has 0 atom stereocenters. The standard InChI is InChI=1S/C17H16N2O2S/c1-10-8-15(11(2)21-10)17(20)19-14-6-4-13(5-7-14)16-9-22-12(3)18-16/h4-9H,1-3H3,(H,19,20). The Kier molecular flexibility index (Phi) is 3.81. The van der Waals surface area contributed by atoms with Crippen molar-refractivity contribution in [2.75, 3.05) is 5.32 Å². The van der Waals surface area contributed by atoms with E-state index in [2.05, 4.69) is 10.3 Å². The summed E-state index contributed by atoms with van der Waals surface area (Å²) in [6.07, 6.45) is 0. The number of rotatable bonds is 3. The number of benzene rings is 1. The molecule has 1 N–H and O–H groups in total. The second-order valence-electron chi connectivity index (χ2n) is 5.11. The Bertz CT molecular complexity index is 816. The predicted molar refractivity (Wildman–Crippen MR) is 88.4 cm³/mol. The zero-order chi connectivity index (χ0) is 15.7. The van der Waals surface area contributed by atoms with Crippen LogP contribution < -0.4 is 5.32 Å². The van der Waals surface area contributed by atoms with E-state index in [0.717, 1.165) is 27.7 Å². The van der Waals surface area contributed by atoms with Crippen LogP contribution in [0.15, 0.2) is 40.1 Å². The van der Waals surface area contributed by atoms with Gasteiger partial charge >= 0.3 is 0 Å². The normalized spacial score (nSPS) is 10.7. The molecule has 2 heterocycles. The number of nitrogens with one attached hydrogen (secondary N) is 1. The zero-order valence-electron chi connectivity index (χ0n) is 12.6. The molecule has 22 heavy (non-hydrogen) atoms. The van der Waals surface area contributed by atoms with Crippen LogP contribution in [-0.2, 0) is 0 Å². The van der Waals surface area contributed by atoms with E-state index in [1.165, 1.54) is 0 Å². The molecule has 3 rings (SSSR count). The molecule has 0 spiro atoms. The number of aryl methyl sites for hydroxylation is 3. The summed E-state index contributed by atoms with van der Waals surface area (Å²) in [5.41, 5.74) is 3.31. The minimum absolute atomic E-state index is 0.161. The van der Waals surface area contributed by atoms with Crippen molar-refractivity contribution in [2.45, 2.75) is 20.8 Å². The molecule has 4 nitrogen and oxygen atoms in total. The lowest BCUT2D eigenvalue weighted by Gasteiger charge is -2.05. The van der Waals surface area contributed by atoms with Crippen LogP contribution in [0.2, 0.25) is 0 Å². The Morgan fingerprint density at radius 2 is 1.91 bits per heavy atom. The summed E-state index contributed by atoms with van der Waals surface area (Å²) in [6.45, 7) is 5.60. The largest absolute Gasteiger partial charge is 0.466 e. The molecule has 1 amide bonds. The third-order valence-corrected chi connectivity index (χ3v) is 4.12. The molecular formula is C17H16N2O2S. The number of hydrogen-bond donors (Lipinski definition) is 1. The predicted octanol–water partition coefficient (Wildman–Crippen LogP) is 4.58. The number of carbonyl (C=O) groups is 1. The van der Waals surface area contributed by atoms with Gasteiger partial charge in [-0.15, -0.1) is 11.3 Å². The van der Waals surface area contributed by atoms with E-state index in [9.17, 15) is 4.79 Å². The average molecular weight is 312 g/mol. The second-order valence-corrected chi connectivity index (χ2v) is 6.17. The SMILES string of the molecule is Cc1cc(C(=O)Nc2ccc(-c3csc(C)n3)cc2)c(C)o1. The van der Waals surface area contributed by atoms with E-state index in [4.69, 9.17) is 4.42 Å². The van der Waals surface area contributed by atoms with Crippen molar-refractivity contribution >= 4 is 22.9 Å². The fourth-order valence-electron chi connectivity index (χ4n) is 2.28. The van der Waals surface area contributed by atoms with Gasteiger partial charge in [-0.25, -0.2) is 4.98 Å². The first kappa shape index (κ1) is 14.5. The van der Waals surface area contributed by atoms with Crippen LogP contribution in [0.4, 0.5) is 5.69 Å². The van der Waals surface area contributed by atoms with Crippen LogP contribution in [-0.4, -0.2) is 10.9 Å². The number of aromatic nitrogens is 1. The fraction of sp³-hybridized carbons (Fsp3) is 0.176. The van der Waals surface area contributed by atoms with Gasteiger partial charge in [-0.1, -0.05) is 12.1 Å². The Hall–Kier alpha value is -2.40. The molecule has 0 saturated heterocycles. The van der Waals surface area contributed by atoms with Crippen LogP contribution in [0.3, 0.4) is 0 Å². The van der Waals surface area contributed by atoms with Gasteiger partial charge in [-0.3, -0.25) is 4.79 Å². The summed E-state index contributed by atoms with van der Waals surface area (Å²) >= 11 is 1.62. The number of nitrogens with zero attached hydrogens (tertiary/aromatic N) is 1. The Morgan fingerprint density at radius 3 is 2.45 bits per heavy atom. The monoisotopic (exact) mass is 312 g/mol. The maximum absolute atomic E-state index is 12.2. The maximum Gasteiger partial charge on any atom is 0.259 e. The third kappa shape index (κ3) is 2.94. The third-order valence-electron chi connectivity index (χ3n) is 3.34. The molecule has 0 fully saturated rings. The Labute approximate surface area is 132 Å². The highest BCUT2D eigenvalue weighted by Gasteiger charge is 2.13. The number of carbonyl (C=O) groups excluding carboxylic acids is 1. The molecule has 3 aromatic rings. The molecule has 5 heteroatoms. The molecule has 0 aliphatic rings. The highest BCUT2D eigenvalue weighted by molar-refractivity contribution is 7.09. The van der Waals surface area contributed by atoms with E-state index in [1.54, 1.807) is 24.3 Å². The Balaban J connectivity index is 1.76. The molecule has 0 aliphatic heterocycles. The van der Waals surface area contributed by atoms with Gasteiger partial charge in [0.25, 0.3) is 5.91 Å². The van der Waals surface area contributed by atoms with E-state index < -0.39 is 0 Å². The van der Waals surface area contributed by atoms with Crippen LogP contribution >= 0.6 is 11.3 Å². The highest BCUT2D eigenvalue weighted by Crippen LogP contribution is 2.23. The lowest BCUT2D eigenvalue weighted by Crippen LogP contribution is -2.11. The van der Waals surface area contributed by atoms with Gasteiger partial charge in [0, 0.05) is 16.6 Å². The van der Waals surface area contributed by atoms with Crippen LogP contribution in [0, 0.1) is 20.8 Å². The minimum Gasteiger partial charge on any atom is -0.466 e. The van der Waals surface area contributed by atoms with Gasteiger partial charge in [0.15, 0.2) is 0 Å². The van der Waals surface area contributed by atoms with Crippen molar-refractivity contribution in [1.29, 1.82) is 0 Å². The molecule has 0 unspecified atom stereocenters. The molecule has 2 aromatic heterocycles. The van der Waals surface area contributed by atoms with Crippen molar-refractivity contribution in [3.8, 4) is 11.3 Å². The highest BCUT2D eigenvalue weighted by atomic mass is 32.1. The van der Waals surface area contributed by atoms with Crippen molar-refractivity contribution in [2.24, 2.45) is 0 Å². The number of anilines is 1. The average Bonchev–Trinajstić information content (AvgIpc) is 3.05. The van der Waals surface area contributed by atoms with Gasteiger partial charge < -0.3 is 9.73 Å². The van der Waals surface area contributed by atoms with Gasteiger partial charge in [0.05, 0.1) is 16.3 Å².